The number of anilines is 1. The van der Waals surface area contributed by atoms with Crippen LogP contribution in [-0.2, 0) is 16.0 Å². The number of carbonyl (C=O) groups is 2. The second kappa shape index (κ2) is 5.60. The van der Waals surface area contributed by atoms with Gasteiger partial charge in [0.1, 0.15) is 12.1 Å². The number of thioether (sulfide) groups is 1. The zero-order valence-corrected chi connectivity index (χ0v) is 12.6. The molecule has 3 rings (SSSR count). The molecular weight excluding hydrogens is 288 g/mol. The maximum atomic E-state index is 12.8. The number of nitrogens with zero attached hydrogens (tertiary/aromatic N) is 1. The third-order valence-corrected chi connectivity index (χ3v) is 5.50. The monoisotopic (exact) mass is 306 g/mol. The number of hydrogen-bond donors (Lipinski definition) is 2. The van der Waals surface area contributed by atoms with Gasteiger partial charge in [0.05, 0.1) is 5.37 Å². The molecule has 2 aliphatic heterocycles. The lowest BCUT2D eigenvalue weighted by Crippen LogP contribution is -2.51. The highest BCUT2D eigenvalue weighted by atomic mass is 32.2. The van der Waals surface area contributed by atoms with Gasteiger partial charge in [0.15, 0.2) is 0 Å². The highest BCUT2D eigenvalue weighted by Gasteiger charge is 2.43. The average molecular weight is 306 g/mol. The molecule has 0 bridgehead atoms. The Balaban J connectivity index is 1.80. The molecule has 3 atom stereocenters. The third kappa shape index (κ3) is 2.48. The Morgan fingerprint density at radius 2 is 2.19 bits per heavy atom. The normalized spacial score (nSPS) is 27.3. The van der Waals surface area contributed by atoms with Gasteiger partial charge in [-0.25, -0.2) is 4.79 Å². The number of amides is 1. The number of hydrogen-bond acceptors (Lipinski definition) is 4. The predicted molar refractivity (Wildman–Crippen MR) is 82.4 cm³/mol. The third-order valence-electron chi connectivity index (χ3n) is 4.05. The molecule has 2 N–H and O–H groups in total. The van der Waals surface area contributed by atoms with E-state index in [4.69, 9.17) is 0 Å². The zero-order valence-electron chi connectivity index (χ0n) is 11.8. The maximum absolute atomic E-state index is 12.8. The van der Waals surface area contributed by atoms with Gasteiger partial charge in [-0.15, -0.1) is 11.8 Å². The van der Waals surface area contributed by atoms with Gasteiger partial charge in [0.25, 0.3) is 0 Å². The molecule has 5 nitrogen and oxygen atoms in total. The number of carbonyl (C=O) groups excluding carboxylic acids is 1. The number of nitrogens with one attached hydrogen (secondary N) is 1. The van der Waals surface area contributed by atoms with Crippen molar-refractivity contribution < 1.29 is 14.7 Å². The molecule has 1 amide bonds. The molecule has 112 valence electrons. The van der Waals surface area contributed by atoms with E-state index in [1.165, 1.54) is 0 Å². The van der Waals surface area contributed by atoms with Crippen molar-refractivity contribution in [2.24, 2.45) is 0 Å². The first-order valence-corrected chi connectivity index (χ1v) is 8.17. The molecular formula is C15H18N2O3S. The molecule has 1 aromatic carbocycles. The number of aliphatic carboxylic acids is 1. The van der Waals surface area contributed by atoms with E-state index >= 15 is 0 Å². The fraction of sp³-hybridized carbons (Fsp3) is 0.467. The standard InChI is InChI=1S/C15H18N2O3S/c1-2-13-17(12(8-21-13)15(19)20)14(18)11-7-9-5-3-4-6-10(9)16-11/h3-6,11-13,16H,2,7-8H2,1H3,(H,19,20). The van der Waals surface area contributed by atoms with Gasteiger partial charge in [-0.05, 0) is 18.1 Å². The Labute approximate surface area is 127 Å². The Bertz CT molecular complexity index is 553. The predicted octanol–water partition coefficient (Wildman–Crippen LogP) is 1.79. The summed E-state index contributed by atoms with van der Waals surface area (Å²) in [5.74, 6) is -0.544. The number of fused-ring (bicyclic) bond motifs is 1. The SMILES string of the molecule is CCC1SCC(C(=O)O)N1C(=O)C1Cc2ccccc2N1. The smallest absolute Gasteiger partial charge is 0.327 e. The Hall–Kier alpha value is -1.69. The van der Waals surface area contributed by atoms with Crippen LogP contribution in [0.4, 0.5) is 5.69 Å². The quantitative estimate of drug-likeness (QED) is 0.891. The molecule has 0 radical (unpaired) electrons. The van der Waals surface area contributed by atoms with Crippen LogP contribution in [0.3, 0.4) is 0 Å². The molecule has 0 spiro atoms. The zero-order chi connectivity index (χ0) is 15.0. The summed E-state index contributed by atoms with van der Waals surface area (Å²) in [4.78, 5) is 25.7. The van der Waals surface area contributed by atoms with Crippen LogP contribution in [0.2, 0.25) is 0 Å². The largest absolute Gasteiger partial charge is 0.480 e. The maximum Gasteiger partial charge on any atom is 0.327 e. The first-order valence-electron chi connectivity index (χ1n) is 7.13. The van der Waals surface area contributed by atoms with Gasteiger partial charge in [0, 0.05) is 17.9 Å². The van der Waals surface area contributed by atoms with Crippen molar-refractivity contribution in [3.05, 3.63) is 29.8 Å². The Kier molecular flexibility index (Phi) is 3.80. The molecule has 0 aliphatic carbocycles. The summed E-state index contributed by atoms with van der Waals surface area (Å²) in [6.45, 7) is 1.99. The van der Waals surface area contributed by atoms with Crippen LogP contribution in [0.25, 0.3) is 0 Å². The summed E-state index contributed by atoms with van der Waals surface area (Å²) in [6.07, 6.45) is 1.39. The Morgan fingerprint density at radius 3 is 2.86 bits per heavy atom. The van der Waals surface area contributed by atoms with Crippen molar-refractivity contribution in [1.29, 1.82) is 0 Å². The highest BCUT2D eigenvalue weighted by molar-refractivity contribution is 8.00. The van der Waals surface area contributed by atoms with Gasteiger partial charge in [-0.1, -0.05) is 25.1 Å². The van der Waals surface area contributed by atoms with Crippen LogP contribution in [-0.4, -0.2) is 45.1 Å². The second-order valence-electron chi connectivity index (χ2n) is 5.35. The van der Waals surface area contributed by atoms with Crippen molar-refractivity contribution in [1.82, 2.24) is 4.90 Å². The number of benzene rings is 1. The van der Waals surface area contributed by atoms with Crippen molar-refractivity contribution >= 4 is 29.3 Å². The molecule has 3 unspecified atom stereocenters. The molecule has 0 aromatic heterocycles. The van der Waals surface area contributed by atoms with E-state index < -0.39 is 12.0 Å². The van der Waals surface area contributed by atoms with Crippen molar-refractivity contribution in [3.63, 3.8) is 0 Å². The molecule has 21 heavy (non-hydrogen) atoms. The van der Waals surface area contributed by atoms with Crippen LogP contribution < -0.4 is 5.32 Å². The molecule has 0 saturated carbocycles. The molecule has 1 fully saturated rings. The van der Waals surface area contributed by atoms with E-state index in [1.54, 1.807) is 16.7 Å². The van der Waals surface area contributed by atoms with Crippen LogP contribution >= 0.6 is 11.8 Å². The molecule has 1 saturated heterocycles. The summed E-state index contributed by atoms with van der Waals surface area (Å²) in [5, 5.41) is 12.5. The van der Waals surface area contributed by atoms with Gasteiger partial charge in [-0.3, -0.25) is 4.79 Å². The van der Waals surface area contributed by atoms with E-state index in [9.17, 15) is 14.7 Å². The number of para-hydroxylation sites is 1. The van der Waals surface area contributed by atoms with E-state index in [2.05, 4.69) is 5.32 Å². The molecule has 1 aromatic rings. The Morgan fingerprint density at radius 1 is 1.43 bits per heavy atom. The van der Waals surface area contributed by atoms with Crippen molar-refractivity contribution in [3.8, 4) is 0 Å². The summed E-state index contributed by atoms with van der Waals surface area (Å²) < 4.78 is 0. The van der Waals surface area contributed by atoms with Crippen LogP contribution in [0.15, 0.2) is 24.3 Å². The summed E-state index contributed by atoms with van der Waals surface area (Å²) in [6, 6.07) is 6.77. The lowest BCUT2D eigenvalue weighted by atomic mass is 10.1. The molecule has 2 aliphatic rings. The number of carboxylic acids is 1. The fourth-order valence-electron chi connectivity index (χ4n) is 2.99. The lowest BCUT2D eigenvalue weighted by Gasteiger charge is -2.29. The van der Waals surface area contributed by atoms with E-state index in [-0.39, 0.29) is 17.3 Å². The molecule has 6 heteroatoms. The average Bonchev–Trinajstić information content (AvgIpc) is 3.09. The summed E-state index contributed by atoms with van der Waals surface area (Å²) >= 11 is 1.55. The van der Waals surface area contributed by atoms with E-state index in [1.807, 2.05) is 31.2 Å². The van der Waals surface area contributed by atoms with Crippen molar-refractivity contribution in [2.75, 3.05) is 11.1 Å². The second-order valence-corrected chi connectivity index (χ2v) is 6.56. The van der Waals surface area contributed by atoms with E-state index in [0.717, 1.165) is 17.7 Å². The first kappa shape index (κ1) is 14.3. The van der Waals surface area contributed by atoms with Gasteiger partial charge >= 0.3 is 5.97 Å². The highest BCUT2D eigenvalue weighted by Crippen LogP contribution is 2.34. The summed E-state index contributed by atoms with van der Waals surface area (Å²) in [7, 11) is 0. The summed E-state index contributed by atoms with van der Waals surface area (Å²) in [5.41, 5.74) is 2.09. The van der Waals surface area contributed by atoms with Gasteiger partial charge in [-0.2, -0.15) is 0 Å². The van der Waals surface area contributed by atoms with Crippen LogP contribution in [0, 0.1) is 0 Å². The first-order chi connectivity index (χ1) is 10.1. The lowest BCUT2D eigenvalue weighted by molar-refractivity contribution is -0.149. The minimum atomic E-state index is -0.915. The number of rotatable bonds is 3. The van der Waals surface area contributed by atoms with Crippen LogP contribution in [0.5, 0.6) is 0 Å². The number of carboxylic acid groups (broad SMARTS) is 1. The van der Waals surface area contributed by atoms with Gasteiger partial charge < -0.3 is 15.3 Å². The minimum Gasteiger partial charge on any atom is -0.480 e. The van der Waals surface area contributed by atoms with Crippen LogP contribution in [0.1, 0.15) is 18.9 Å². The topological polar surface area (TPSA) is 69.6 Å². The van der Waals surface area contributed by atoms with E-state index in [0.29, 0.717) is 12.2 Å². The fourth-order valence-corrected chi connectivity index (χ4v) is 4.35. The minimum absolute atomic E-state index is 0.0379. The van der Waals surface area contributed by atoms with Gasteiger partial charge in [0.2, 0.25) is 5.91 Å². The van der Waals surface area contributed by atoms with Crippen molar-refractivity contribution in [2.45, 2.75) is 37.2 Å². The molecule has 2 heterocycles.